The summed E-state index contributed by atoms with van der Waals surface area (Å²) >= 11 is 5.90. The predicted octanol–water partition coefficient (Wildman–Crippen LogP) is 3.22. The number of rotatable bonds is 5. The fraction of sp³-hybridized carbons (Fsp3) is 0.833. The van der Waals surface area contributed by atoms with Crippen molar-refractivity contribution in [1.82, 2.24) is 0 Å². The first-order valence-electron chi connectivity index (χ1n) is 3.61. The molecule has 76 valence electrons. The predicted molar refractivity (Wildman–Crippen MR) is 57.1 cm³/mol. The van der Waals surface area contributed by atoms with Crippen LogP contribution in [0.25, 0.3) is 0 Å². The van der Waals surface area contributed by atoms with Crippen molar-refractivity contribution in [1.29, 1.82) is 5.26 Å². The highest BCUT2D eigenvalue weighted by Crippen LogP contribution is 2.65. The molecule has 0 saturated heterocycles. The number of alkyl halides is 2. The molecule has 0 amide bonds. The highest BCUT2D eigenvalue weighted by molar-refractivity contribution is 9.27. The largest absolute Gasteiger partial charge is 0.372 e. The van der Waals surface area contributed by atoms with E-state index in [0.717, 1.165) is 0 Å². The van der Waals surface area contributed by atoms with Crippen LogP contribution in [0.1, 0.15) is 13.8 Å². The van der Waals surface area contributed by atoms with E-state index in [-0.39, 0.29) is 13.2 Å². The second-order valence-electron chi connectivity index (χ2n) is 1.99. The van der Waals surface area contributed by atoms with Crippen molar-refractivity contribution in [3.05, 3.63) is 0 Å². The molecule has 0 radical (unpaired) electrons. The number of nitriles is 1. The molecule has 0 aliphatic carbocycles. The number of hydrogen-bond acceptors (Lipinski definition) is 4. The van der Waals surface area contributed by atoms with Gasteiger partial charge in [0.1, 0.15) is 6.07 Å². The minimum absolute atomic E-state index is 0.220. The van der Waals surface area contributed by atoms with Gasteiger partial charge in [-0.25, -0.2) is 0 Å². The Balaban J connectivity index is 4.80. The summed E-state index contributed by atoms with van der Waals surface area (Å²) in [5.41, 5.74) is 0. The van der Waals surface area contributed by atoms with E-state index in [1.807, 2.05) is 0 Å². The Bertz CT molecular complexity index is 241. The summed E-state index contributed by atoms with van der Waals surface area (Å²) < 4.78 is 20.3. The van der Waals surface area contributed by atoms with Gasteiger partial charge in [0.25, 0.3) is 2.97 Å². The summed E-state index contributed by atoms with van der Waals surface area (Å²) in [6, 6.07) is 1.77. The fourth-order valence-corrected chi connectivity index (χ4v) is 3.03. The van der Waals surface area contributed by atoms with Crippen molar-refractivity contribution in [2.75, 3.05) is 13.2 Å². The molecule has 0 spiro atoms. The highest BCUT2D eigenvalue weighted by atomic mass is 79.9. The zero-order chi connectivity index (χ0) is 10.5. The molecule has 7 heteroatoms. The summed E-state index contributed by atoms with van der Waals surface area (Å²) in [6.45, 7) is 3.80. The Morgan fingerprint density at radius 3 is 2.00 bits per heavy atom. The average Bonchev–Trinajstić information content (AvgIpc) is 2.05. The third-order valence-electron chi connectivity index (χ3n) is 1.08. The first-order chi connectivity index (χ1) is 5.93. The molecule has 0 aromatic rings. The van der Waals surface area contributed by atoms with Crippen molar-refractivity contribution in [2.45, 2.75) is 16.8 Å². The van der Waals surface area contributed by atoms with E-state index < -0.39 is 10.6 Å². The van der Waals surface area contributed by atoms with E-state index in [1.54, 1.807) is 19.9 Å². The summed E-state index contributed by atoms with van der Waals surface area (Å²) in [5, 5.41) is 8.71. The molecule has 0 bridgehead atoms. The molecule has 0 aromatic carbocycles. The van der Waals surface area contributed by atoms with Crippen LogP contribution < -0.4 is 0 Å². The molecule has 0 N–H and O–H groups in total. The van der Waals surface area contributed by atoms with Gasteiger partial charge >= 0.3 is 7.60 Å². The zero-order valence-corrected chi connectivity index (χ0v) is 11.4. The van der Waals surface area contributed by atoms with Gasteiger partial charge < -0.3 is 9.05 Å². The van der Waals surface area contributed by atoms with Crippen molar-refractivity contribution < 1.29 is 13.6 Å². The molecule has 0 atom stereocenters. The van der Waals surface area contributed by atoms with Gasteiger partial charge in [-0.15, -0.1) is 0 Å². The number of hydrogen-bond donors (Lipinski definition) is 0. The minimum atomic E-state index is -3.45. The molecular weight excluding hydrogens is 325 g/mol. The molecule has 4 nitrogen and oxygen atoms in total. The van der Waals surface area contributed by atoms with Crippen LogP contribution in [-0.4, -0.2) is 16.2 Å². The quantitative estimate of drug-likeness (QED) is 0.572. The number of nitrogens with zero attached hydrogens (tertiary/aromatic N) is 1. The third-order valence-corrected chi connectivity index (χ3v) is 6.02. The van der Waals surface area contributed by atoms with Crippen molar-refractivity contribution in [2.24, 2.45) is 0 Å². The Morgan fingerprint density at radius 1 is 1.38 bits per heavy atom. The summed E-state index contributed by atoms with van der Waals surface area (Å²) in [5.74, 6) is 0. The molecule has 0 aliphatic heterocycles. The molecule has 0 unspecified atom stereocenters. The van der Waals surface area contributed by atoms with E-state index >= 15 is 0 Å². The standard InChI is InChI=1S/C6H10Br2NO3P/c1-3-11-13(10,12-4-2)6(7,8)5-9/h3-4H2,1-2H3. The van der Waals surface area contributed by atoms with Gasteiger partial charge in [-0.1, -0.05) is 0 Å². The molecule has 0 rings (SSSR count). The average molecular weight is 335 g/mol. The van der Waals surface area contributed by atoms with Crippen LogP contribution in [0.4, 0.5) is 0 Å². The van der Waals surface area contributed by atoms with Crippen LogP contribution >= 0.6 is 39.5 Å². The van der Waals surface area contributed by atoms with E-state index in [9.17, 15) is 4.57 Å². The van der Waals surface area contributed by atoms with Gasteiger partial charge in [-0.05, 0) is 45.7 Å². The maximum absolute atomic E-state index is 11.9. The maximum Gasteiger partial charge on any atom is 0.372 e. The van der Waals surface area contributed by atoms with Crippen LogP contribution in [0.5, 0.6) is 0 Å². The summed E-state index contributed by atoms with van der Waals surface area (Å²) in [7, 11) is -3.45. The monoisotopic (exact) mass is 333 g/mol. The van der Waals surface area contributed by atoms with Crippen LogP contribution in [0.3, 0.4) is 0 Å². The van der Waals surface area contributed by atoms with E-state index in [0.29, 0.717) is 0 Å². The van der Waals surface area contributed by atoms with E-state index in [4.69, 9.17) is 14.3 Å². The Kier molecular flexibility index (Phi) is 5.73. The maximum atomic E-state index is 11.9. The van der Waals surface area contributed by atoms with Crippen molar-refractivity contribution in [3.8, 4) is 6.07 Å². The molecule has 0 aromatic heterocycles. The smallest absolute Gasteiger partial charge is 0.307 e. The molecule has 0 saturated carbocycles. The van der Waals surface area contributed by atoms with Crippen LogP contribution in [0.15, 0.2) is 0 Å². The lowest BCUT2D eigenvalue weighted by Crippen LogP contribution is -2.14. The van der Waals surface area contributed by atoms with E-state index in [2.05, 4.69) is 31.9 Å². The minimum Gasteiger partial charge on any atom is -0.307 e. The molecule has 0 aliphatic rings. The lowest BCUT2D eigenvalue weighted by Gasteiger charge is -2.23. The van der Waals surface area contributed by atoms with Gasteiger partial charge in [-0.2, -0.15) is 5.26 Å². The third kappa shape index (κ3) is 3.34. The first kappa shape index (κ1) is 13.6. The van der Waals surface area contributed by atoms with Gasteiger partial charge in [0.2, 0.25) is 0 Å². The van der Waals surface area contributed by atoms with Gasteiger partial charge in [0.05, 0.1) is 13.2 Å². The van der Waals surface area contributed by atoms with E-state index in [1.165, 1.54) is 0 Å². The van der Waals surface area contributed by atoms with Crippen LogP contribution in [-0.2, 0) is 13.6 Å². The fourth-order valence-electron chi connectivity index (χ4n) is 0.601. The highest BCUT2D eigenvalue weighted by Gasteiger charge is 2.48. The number of halogens is 2. The molecular formula is C6H10Br2NO3P. The molecule has 0 heterocycles. The second kappa shape index (κ2) is 5.47. The van der Waals surface area contributed by atoms with Crippen molar-refractivity contribution in [3.63, 3.8) is 0 Å². The van der Waals surface area contributed by atoms with Crippen molar-refractivity contribution >= 4 is 39.5 Å². The van der Waals surface area contributed by atoms with Gasteiger partial charge in [0, 0.05) is 0 Å². The molecule has 13 heavy (non-hydrogen) atoms. The lowest BCUT2D eigenvalue weighted by molar-refractivity contribution is 0.220. The second-order valence-corrected chi connectivity index (χ2v) is 8.84. The Hall–Kier alpha value is 0.600. The zero-order valence-electron chi connectivity index (χ0n) is 7.29. The Labute approximate surface area is 94.4 Å². The van der Waals surface area contributed by atoms with Crippen LogP contribution in [0, 0.1) is 11.3 Å². The van der Waals surface area contributed by atoms with Crippen LogP contribution in [0.2, 0.25) is 0 Å². The van der Waals surface area contributed by atoms with Gasteiger partial charge in [-0.3, -0.25) is 4.57 Å². The summed E-state index contributed by atoms with van der Waals surface area (Å²) in [4.78, 5) is 0. The lowest BCUT2D eigenvalue weighted by atomic mass is 10.9. The summed E-state index contributed by atoms with van der Waals surface area (Å²) in [6.07, 6.45) is 0. The van der Waals surface area contributed by atoms with Gasteiger partial charge in [0.15, 0.2) is 0 Å². The topological polar surface area (TPSA) is 59.3 Å². The SMILES string of the molecule is CCOP(=O)(OCC)C(Br)(Br)C#N. The first-order valence-corrected chi connectivity index (χ1v) is 6.74. The normalized spacial score (nSPS) is 12.5. The molecule has 0 fully saturated rings. The Morgan fingerprint density at radius 2 is 1.77 bits per heavy atom.